The molecule has 0 unspecified atom stereocenters. The van der Waals surface area contributed by atoms with E-state index in [0.29, 0.717) is 17.9 Å². The highest BCUT2D eigenvalue weighted by atomic mass is 32.2. The second kappa shape index (κ2) is 9.82. The van der Waals surface area contributed by atoms with E-state index in [1.54, 1.807) is 0 Å². The van der Waals surface area contributed by atoms with Crippen molar-refractivity contribution in [1.82, 2.24) is 0 Å². The van der Waals surface area contributed by atoms with Gasteiger partial charge in [0.2, 0.25) is 5.91 Å². The minimum absolute atomic E-state index is 0.0134. The van der Waals surface area contributed by atoms with E-state index in [9.17, 15) is 17.6 Å². The maximum atomic E-state index is 13.5. The Hall–Kier alpha value is -3.39. The molecule has 0 aliphatic rings. The summed E-state index contributed by atoms with van der Waals surface area (Å²) in [5.74, 6) is -0.510. The van der Waals surface area contributed by atoms with Crippen molar-refractivity contribution in [2.75, 3.05) is 23.3 Å². The van der Waals surface area contributed by atoms with Gasteiger partial charge in [0.1, 0.15) is 18.1 Å². The smallest absolute Gasteiger partial charge is 0.264 e. The predicted octanol–water partition coefficient (Wildman–Crippen LogP) is 4.54. The van der Waals surface area contributed by atoms with Crippen LogP contribution in [0.15, 0.2) is 71.6 Å². The van der Waals surface area contributed by atoms with Crippen molar-refractivity contribution in [3.8, 4) is 5.75 Å². The fourth-order valence-corrected chi connectivity index (χ4v) is 4.73. The number of anilines is 2. The van der Waals surface area contributed by atoms with Gasteiger partial charge < -0.3 is 10.1 Å². The molecule has 6 nitrogen and oxygen atoms in total. The molecule has 32 heavy (non-hydrogen) atoms. The first kappa shape index (κ1) is 23.3. The van der Waals surface area contributed by atoms with Gasteiger partial charge in [-0.2, -0.15) is 0 Å². The standard InChI is InChI=1S/C24H25FN2O4S/c1-4-18-7-5-6-17(2)24(18)26-23(28)16-27(20-10-8-19(25)9-11-20)32(29,30)22-14-12-21(31-3)13-15-22/h5-15H,4,16H2,1-3H3,(H,26,28). The van der Waals surface area contributed by atoms with Gasteiger partial charge in [-0.15, -0.1) is 0 Å². The first-order chi connectivity index (χ1) is 15.3. The van der Waals surface area contributed by atoms with Crippen LogP contribution < -0.4 is 14.4 Å². The summed E-state index contributed by atoms with van der Waals surface area (Å²) >= 11 is 0. The third-order valence-electron chi connectivity index (χ3n) is 5.05. The van der Waals surface area contributed by atoms with Crippen LogP contribution in [0.2, 0.25) is 0 Å². The van der Waals surface area contributed by atoms with Gasteiger partial charge in [0.05, 0.1) is 17.7 Å². The summed E-state index contributed by atoms with van der Waals surface area (Å²) in [7, 11) is -2.63. The van der Waals surface area contributed by atoms with Gasteiger partial charge in [-0.25, -0.2) is 12.8 Å². The number of nitrogens with zero attached hydrogens (tertiary/aromatic N) is 1. The van der Waals surface area contributed by atoms with Crippen molar-refractivity contribution in [3.63, 3.8) is 0 Å². The molecule has 0 aromatic heterocycles. The van der Waals surface area contributed by atoms with Crippen molar-refractivity contribution >= 4 is 27.3 Å². The monoisotopic (exact) mass is 456 g/mol. The second-order valence-electron chi connectivity index (χ2n) is 7.17. The summed E-state index contributed by atoms with van der Waals surface area (Å²) in [6, 6.07) is 16.5. The summed E-state index contributed by atoms with van der Waals surface area (Å²) < 4.78 is 46.3. The van der Waals surface area contributed by atoms with E-state index in [-0.39, 0.29) is 10.6 Å². The topological polar surface area (TPSA) is 75.7 Å². The third-order valence-corrected chi connectivity index (χ3v) is 6.84. The molecule has 168 valence electrons. The van der Waals surface area contributed by atoms with Gasteiger partial charge in [0, 0.05) is 5.69 Å². The summed E-state index contributed by atoms with van der Waals surface area (Å²) in [6.45, 7) is 3.38. The maximum absolute atomic E-state index is 13.5. The van der Waals surface area contributed by atoms with Gasteiger partial charge in [-0.3, -0.25) is 9.10 Å². The molecule has 1 amide bonds. The Labute approximate surface area is 187 Å². The van der Waals surface area contributed by atoms with Gasteiger partial charge >= 0.3 is 0 Å². The van der Waals surface area contributed by atoms with Gasteiger partial charge in [-0.1, -0.05) is 25.1 Å². The van der Waals surface area contributed by atoms with Crippen molar-refractivity contribution in [1.29, 1.82) is 0 Å². The van der Waals surface area contributed by atoms with Crippen molar-refractivity contribution < 1.29 is 22.3 Å². The van der Waals surface area contributed by atoms with E-state index in [0.717, 1.165) is 27.6 Å². The van der Waals surface area contributed by atoms with E-state index in [1.807, 2.05) is 32.0 Å². The SMILES string of the molecule is CCc1cccc(C)c1NC(=O)CN(c1ccc(F)cc1)S(=O)(=O)c1ccc(OC)cc1. The molecule has 0 aliphatic heterocycles. The van der Waals surface area contributed by atoms with Crippen molar-refractivity contribution in [2.45, 2.75) is 25.2 Å². The van der Waals surface area contributed by atoms with Crippen LogP contribution in [-0.2, 0) is 21.2 Å². The number of rotatable bonds is 8. The Bertz CT molecular complexity index is 1190. The Balaban J connectivity index is 1.96. The molecule has 3 aromatic carbocycles. The van der Waals surface area contributed by atoms with E-state index < -0.39 is 28.3 Å². The molecule has 0 aliphatic carbocycles. The summed E-state index contributed by atoms with van der Waals surface area (Å²) in [4.78, 5) is 12.9. The lowest BCUT2D eigenvalue weighted by atomic mass is 10.1. The minimum Gasteiger partial charge on any atom is -0.497 e. The van der Waals surface area contributed by atoms with Crippen LogP contribution in [0.25, 0.3) is 0 Å². The van der Waals surface area contributed by atoms with Gasteiger partial charge in [0.25, 0.3) is 10.0 Å². The van der Waals surface area contributed by atoms with E-state index in [4.69, 9.17) is 4.74 Å². The predicted molar refractivity (Wildman–Crippen MR) is 123 cm³/mol. The molecule has 0 spiro atoms. The Kier molecular flexibility index (Phi) is 7.15. The number of amides is 1. The number of benzene rings is 3. The Morgan fingerprint density at radius 3 is 2.28 bits per heavy atom. The van der Waals surface area contributed by atoms with E-state index >= 15 is 0 Å². The quantitative estimate of drug-likeness (QED) is 0.540. The maximum Gasteiger partial charge on any atom is 0.264 e. The summed E-state index contributed by atoms with van der Waals surface area (Å²) in [5, 5.41) is 2.84. The van der Waals surface area contributed by atoms with Crippen LogP contribution in [0.5, 0.6) is 5.75 Å². The molecule has 0 heterocycles. The lowest BCUT2D eigenvalue weighted by Crippen LogP contribution is -2.38. The van der Waals surface area contributed by atoms with Gasteiger partial charge in [0.15, 0.2) is 0 Å². The fraction of sp³-hybridized carbons (Fsp3) is 0.208. The number of sulfonamides is 1. The molecule has 0 fully saturated rings. The first-order valence-electron chi connectivity index (χ1n) is 10.1. The highest BCUT2D eigenvalue weighted by Gasteiger charge is 2.27. The number of aryl methyl sites for hydroxylation is 2. The lowest BCUT2D eigenvalue weighted by Gasteiger charge is -2.24. The number of ether oxygens (including phenoxy) is 1. The second-order valence-corrected chi connectivity index (χ2v) is 9.04. The van der Waals surface area contributed by atoms with Crippen molar-refractivity contribution in [3.05, 3.63) is 83.7 Å². The molecular weight excluding hydrogens is 431 g/mol. The molecule has 0 atom stereocenters. The Morgan fingerprint density at radius 2 is 1.69 bits per heavy atom. The molecule has 3 rings (SSSR count). The third kappa shape index (κ3) is 5.08. The van der Waals surface area contributed by atoms with E-state index in [1.165, 1.54) is 43.5 Å². The fourth-order valence-electron chi connectivity index (χ4n) is 3.31. The lowest BCUT2D eigenvalue weighted by molar-refractivity contribution is -0.114. The average Bonchev–Trinajstić information content (AvgIpc) is 2.79. The average molecular weight is 457 g/mol. The number of hydrogen-bond acceptors (Lipinski definition) is 4. The van der Waals surface area contributed by atoms with Crippen LogP contribution in [0.1, 0.15) is 18.1 Å². The largest absolute Gasteiger partial charge is 0.497 e. The zero-order chi connectivity index (χ0) is 23.3. The number of para-hydroxylation sites is 1. The molecule has 1 N–H and O–H groups in total. The van der Waals surface area contributed by atoms with Crippen LogP contribution in [0.3, 0.4) is 0 Å². The van der Waals surface area contributed by atoms with Crippen LogP contribution in [0, 0.1) is 12.7 Å². The number of nitrogens with one attached hydrogen (secondary N) is 1. The van der Waals surface area contributed by atoms with E-state index in [2.05, 4.69) is 5.32 Å². The van der Waals surface area contributed by atoms with Crippen LogP contribution in [-0.4, -0.2) is 28.0 Å². The normalized spacial score (nSPS) is 11.1. The number of halogens is 1. The number of carbonyl (C=O) groups is 1. The number of hydrogen-bond donors (Lipinski definition) is 1. The molecule has 0 saturated heterocycles. The molecule has 0 bridgehead atoms. The minimum atomic E-state index is -4.11. The molecular formula is C24H25FN2O4S. The zero-order valence-corrected chi connectivity index (χ0v) is 18.9. The van der Waals surface area contributed by atoms with Crippen molar-refractivity contribution in [2.24, 2.45) is 0 Å². The highest BCUT2D eigenvalue weighted by Crippen LogP contribution is 2.26. The molecule has 0 radical (unpaired) electrons. The highest BCUT2D eigenvalue weighted by molar-refractivity contribution is 7.92. The van der Waals surface area contributed by atoms with Crippen LogP contribution in [0.4, 0.5) is 15.8 Å². The number of carbonyl (C=O) groups excluding carboxylic acids is 1. The first-order valence-corrected chi connectivity index (χ1v) is 11.5. The Morgan fingerprint density at radius 1 is 1.03 bits per heavy atom. The molecule has 0 saturated carbocycles. The van der Waals surface area contributed by atoms with Gasteiger partial charge in [-0.05, 0) is 73.0 Å². The summed E-state index contributed by atoms with van der Waals surface area (Å²) in [5.41, 5.74) is 2.67. The molecule has 8 heteroatoms. The number of methoxy groups -OCH3 is 1. The van der Waals surface area contributed by atoms with Crippen LogP contribution >= 0.6 is 0 Å². The molecule has 3 aromatic rings. The summed E-state index contributed by atoms with van der Waals surface area (Å²) in [6.07, 6.45) is 0.711. The zero-order valence-electron chi connectivity index (χ0n) is 18.1.